The molecule has 1 aliphatic carbocycles. The van der Waals surface area contributed by atoms with Gasteiger partial charge >= 0.3 is 5.97 Å². The Labute approximate surface area is 101 Å². The molecule has 15 heavy (non-hydrogen) atoms. The predicted molar refractivity (Wildman–Crippen MR) is 64.4 cm³/mol. The van der Waals surface area contributed by atoms with Gasteiger partial charge in [0.2, 0.25) is 0 Å². The Hall–Kier alpha value is -0.350. The van der Waals surface area contributed by atoms with Gasteiger partial charge in [0.25, 0.3) is 0 Å². The Morgan fingerprint density at radius 2 is 2.20 bits per heavy atom. The Balaban J connectivity index is 2.35. The molecule has 1 fully saturated rings. The van der Waals surface area contributed by atoms with Crippen molar-refractivity contribution in [3.05, 3.63) is 20.3 Å². The first-order valence-corrected chi connectivity index (χ1v) is 6.51. The Bertz CT molecular complexity index is 422. The molecule has 0 unspecified atom stereocenters. The minimum atomic E-state index is -0.678. The summed E-state index contributed by atoms with van der Waals surface area (Å²) in [6, 6.07) is 0. The Kier molecular flexibility index (Phi) is 2.47. The summed E-state index contributed by atoms with van der Waals surface area (Å²) >= 11 is 5.20. The average molecular weight is 289 g/mol. The fourth-order valence-corrected chi connectivity index (χ4v) is 4.31. The van der Waals surface area contributed by atoms with Crippen LogP contribution in [0, 0.1) is 18.3 Å². The van der Waals surface area contributed by atoms with Crippen LogP contribution in [0.15, 0.2) is 9.85 Å². The molecule has 0 amide bonds. The van der Waals surface area contributed by atoms with Crippen molar-refractivity contribution >= 4 is 33.2 Å². The molecule has 82 valence electrons. The van der Waals surface area contributed by atoms with Gasteiger partial charge in [-0.3, -0.25) is 4.79 Å². The zero-order chi connectivity index (χ0) is 11.4. The second kappa shape index (κ2) is 3.32. The zero-order valence-corrected chi connectivity index (χ0v) is 11.3. The first-order chi connectivity index (χ1) is 6.87. The second-order valence-corrected chi connectivity index (χ2v) is 6.42. The number of aryl methyl sites for hydroxylation is 1. The van der Waals surface area contributed by atoms with Crippen molar-refractivity contribution in [2.45, 2.75) is 26.7 Å². The molecule has 1 aromatic heterocycles. The Morgan fingerprint density at radius 1 is 1.60 bits per heavy atom. The molecule has 0 aromatic carbocycles. The summed E-state index contributed by atoms with van der Waals surface area (Å²) < 4.78 is 1.09. The van der Waals surface area contributed by atoms with Crippen LogP contribution in [0.25, 0.3) is 0 Å². The molecular formula is C11H13BrO2S. The van der Waals surface area contributed by atoms with Gasteiger partial charge in [-0.2, -0.15) is 0 Å². The van der Waals surface area contributed by atoms with Crippen molar-refractivity contribution in [3.63, 3.8) is 0 Å². The number of hydrogen-bond donors (Lipinski definition) is 1. The van der Waals surface area contributed by atoms with E-state index >= 15 is 0 Å². The largest absolute Gasteiger partial charge is 0.481 e. The minimum absolute atomic E-state index is 0.106. The van der Waals surface area contributed by atoms with Crippen molar-refractivity contribution in [3.8, 4) is 0 Å². The highest BCUT2D eigenvalue weighted by Gasteiger charge is 2.63. The third-order valence-electron chi connectivity index (χ3n) is 3.30. The van der Waals surface area contributed by atoms with E-state index in [1.165, 1.54) is 10.4 Å². The lowest BCUT2D eigenvalue weighted by molar-refractivity contribution is -0.139. The number of carbonyl (C=O) groups is 1. The lowest BCUT2D eigenvalue weighted by atomic mass is 10.1. The van der Waals surface area contributed by atoms with E-state index in [0.29, 0.717) is 0 Å². The van der Waals surface area contributed by atoms with Crippen LogP contribution >= 0.6 is 27.3 Å². The molecule has 0 aliphatic heterocycles. The standard InChI is InChI=1S/C11H13BrO2S/c1-5-4-15-9(8(5)12)6-7(10(13)14)11(6,2)3/h4,6-7H,1-3H3,(H,13,14)/t6-,7-/m1/s1. The fourth-order valence-electron chi connectivity index (χ4n) is 2.25. The molecule has 2 atom stereocenters. The van der Waals surface area contributed by atoms with E-state index in [2.05, 4.69) is 21.3 Å². The van der Waals surface area contributed by atoms with Gasteiger partial charge in [-0.1, -0.05) is 13.8 Å². The number of halogens is 1. The predicted octanol–water partition coefficient (Wildman–Crippen LogP) is 3.64. The topological polar surface area (TPSA) is 37.3 Å². The van der Waals surface area contributed by atoms with Crippen LogP contribution in [0.5, 0.6) is 0 Å². The van der Waals surface area contributed by atoms with Crippen molar-refractivity contribution < 1.29 is 9.90 Å². The number of thiophene rings is 1. The van der Waals surface area contributed by atoms with Gasteiger partial charge in [0.1, 0.15) is 0 Å². The van der Waals surface area contributed by atoms with E-state index in [-0.39, 0.29) is 17.3 Å². The summed E-state index contributed by atoms with van der Waals surface area (Å²) in [4.78, 5) is 12.3. The molecule has 1 saturated carbocycles. The van der Waals surface area contributed by atoms with E-state index in [1.54, 1.807) is 11.3 Å². The lowest BCUT2D eigenvalue weighted by Crippen LogP contribution is -2.03. The first kappa shape index (κ1) is 11.1. The maximum absolute atomic E-state index is 11.1. The highest BCUT2D eigenvalue weighted by atomic mass is 79.9. The van der Waals surface area contributed by atoms with Crippen LogP contribution in [0.4, 0.5) is 0 Å². The monoisotopic (exact) mass is 288 g/mol. The number of carboxylic acid groups (broad SMARTS) is 1. The first-order valence-electron chi connectivity index (χ1n) is 4.83. The molecule has 1 heterocycles. The van der Waals surface area contributed by atoms with Gasteiger partial charge in [0.15, 0.2) is 0 Å². The van der Waals surface area contributed by atoms with Crippen molar-refractivity contribution in [2.75, 3.05) is 0 Å². The van der Waals surface area contributed by atoms with Crippen LogP contribution in [0.2, 0.25) is 0 Å². The van der Waals surface area contributed by atoms with E-state index in [0.717, 1.165) is 4.47 Å². The second-order valence-electron chi connectivity index (χ2n) is 4.71. The fraction of sp³-hybridized carbons (Fsp3) is 0.545. The molecule has 0 spiro atoms. The molecule has 0 saturated heterocycles. The average Bonchev–Trinajstić information content (AvgIpc) is 2.54. The van der Waals surface area contributed by atoms with Crippen molar-refractivity contribution in [2.24, 2.45) is 11.3 Å². The van der Waals surface area contributed by atoms with E-state index in [4.69, 9.17) is 5.11 Å². The van der Waals surface area contributed by atoms with Gasteiger partial charge < -0.3 is 5.11 Å². The molecule has 2 rings (SSSR count). The number of rotatable bonds is 2. The van der Waals surface area contributed by atoms with E-state index < -0.39 is 5.97 Å². The van der Waals surface area contributed by atoms with Crippen molar-refractivity contribution in [1.82, 2.24) is 0 Å². The van der Waals surface area contributed by atoms with Crippen LogP contribution in [-0.4, -0.2) is 11.1 Å². The molecule has 1 aromatic rings. The molecule has 2 nitrogen and oxygen atoms in total. The zero-order valence-electron chi connectivity index (χ0n) is 8.87. The third-order valence-corrected chi connectivity index (χ3v) is 5.80. The quantitative estimate of drug-likeness (QED) is 0.902. The number of carboxylic acids is 1. The van der Waals surface area contributed by atoms with Gasteiger partial charge in [-0.25, -0.2) is 0 Å². The summed E-state index contributed by atoms with van der Waals surface area (Å²) in [5.41, 5.74) is 1.09. The highest BCUT2D eigenvalue weighted by Crippen LogP contribution is 2.66. The van der Waals surface area contributed by atoms with Gasteiger partial charge in [0.05, 0.1) is 5.92 Å². The minimum Gasteiger partial charge on any atom is -0.481 e. The number of aliphatic carboxylic acids is 1. The third kappa shape index (κ3) is 1.54. The summed E-state index contributed by atoms with van der Waals surface area (Å²) in [6.07, 6.45) is 0. The molecule has 4 heteroatoms. The maximum Gasteiger partial charge on any atom is 0.307 e. The summed E-state index contributed by atoms with van der Waals surface area (Å²) in [5.74, 6) is -0.738. The van der Waals surface area contributed by atoms with Crippen LogP contribution in [0.1, 0.15) is 30.2 Å². The highest BCUT2D eigenvalue weighted by molar-refractivity contribution is 9.10. The summed E-state index contributed by atoms with van der Waals surface area (Å²) in [7, 11) is 0. The smallest absolute Gasteiger partial charge is 0.307 e. The maximum atomic E-state index is 11.1. The normalized spacial score (nSPS) is 27.7. The van der Waals surface area contributed by atoms with Crippen LogP contribution < -0.4 is 0 Å². The van der Waals surface area contributed by atoms with Gasteiger partial charge in [-0.15, -0.1) is 11.3 Å². The molecule has 1 aliphatic rings. The van der Waals surface area contributed by atoms with Gasteiger partial charge in [0, 0.05) is 15.3 Å². The molecular weight excluding hydrogens is 276 g/mol. The van der Waals surface area contributed by atoms with Gasteiger partial charge in [-0.05, 0) is 39.2 Å². The van der Waals surface area contributed by atoms with Crippen LogP contribution in [-0.2, 0) is 4.79 Å². The van der Waals surface area contributed by atoms with E-state index in [1.807, 2.05) is 20.8 Å². The molecule has 1 N–H and O–H groups in total. The summed E-state index contributed by atoms with van der Waals surface area (Å²) in [5, 5.41) is 11.2. The summed E-state index contributed by atoms with van der Waals surface area (Å²) in [6.45, 7) is 6.09. The number of hydrogen-bond acceptors (Lipinski definition) is 2. The SMILES string of the molecule is Cc1csc([C@H]2[C@H](C(=O)O)C2(C)C)c1Br. The molecule has 0 radical (unpaired) electrons. The molecule has 0 bridgehead atoms. The lowest BCUT2D eigenvalue weighted by Gasteiger charge is -2.00. The van der Waals surface area contributed by atoms with Crippen molar-refractivity contribution in [1.29, 1.82) is 0 Å². The van der Waals surface area contributed by atoms with E-state index in [9.17, 15) is 4.79 Å². The van der Waals surface area contributed by atoms with Crippen LogP contribution in [0.3, 0.4) is 0 Å². The Morgan fingerprint density at radius 3 is 2.53 bits per heavy atom.